The average Bonchev–Trinajstić information content (AvgIpc) is 3.10. The first-order valence-electron chi connectivity index (χ1n) is 6.19. The Kier molecular flexibility index (Phi) is 3.20. The zero-order chi connectivity index (χ0) is 12.5. The molecule has 1 fully saturated rings. The third kappa shape index (κ3) is 2.50. The van der Waals surface area contributed by atoms with Crippen molar-refractivity contribution in [3.8, 4) is 0 Å². The molecule has 3 N–H and O–H groups in total. The number of benzene rings is 1. The second-order valence-corrected chi connectivity index (χ2v) is 5.22. The Morgan fingerprint density at radius 3 is 2.71 bits per heavy atom. The maximum atomic E-state index is 12.0. The molecule has 0 aromatic heterocycles. The highest BCUT2D eigenvalue weighted by Gasteiger charge is 2.48. The van der Waals surface area contributed by atoms with Crippen LogP contribution in [0.3, 0.4) is 0 Å². The van der Waals surface area contributed by atoms with Crippen molar-refractivity contribution in [3.63, 3.8) is 0 Å². The first kappa shape index (κ1) is 12.1. The zero-order valence-electron chi connectivity index (χ0n) is 10.5. The first-order valence-corrected chi connectivity index (χ1v) is 6.19. The van der Waals surface area contributed by atoms with Gasteiger partial charge in [0.25, 0.3) is 0 Å². The van der Waals surface area contributed by atoms with E-state index in [1.54, 1.807) is 0 Å². The smallest absolute Gasteiger partial charge is 0.231 e. The summed E-state index contributed by atoms with van der Waals surface area (Å²) in [5.74, 6) is 0.539. The fourth-order valence-electron chi connectivity index (χ4n) is 1.91. The molecule has 0 bridgehead atoms. The molecule has 0 aliphatic heterocycles. The van der Waals surface area contributed by atoms with Gasteiger partial charge in [-0.3, -0.25) is 4.79 Å². The number of carbonyl (C=O) groups is 1. The standard InChI is InChI=1S/C14H20N2O/c1-10(2)11-4-3-5-12(8-11)16-13(17)14(9-15)6-7-14/h3-5,8,10H,6-7,9,15H2,1-2H3,(H,16,17). The maximum absolute atomic E-state index is 12.0. The van der Waals surface area contributed by atoms with E-state index in [1.165, 1.54) is 5.56 Å². The topological polar surface area (TPSA) is 55.1 Å². The summed E-state index contributed by atoms with van der Waals surface area (Å²) in [7, 11) is 0. The quantitative estimate of drug-likeness (QED) is 0.838. The van der Waals surface area contributed by atoms with Gasteiger partial charge in [-0.2, -0.15) is 0 Å². The molecule has 1 saturated carbocycles. The molecule has 0 heterocycles. The average molecular weight is 232 g/mol. The number of rotatable bonds is 4. The van der Waals surface area contributed by atoms with Crippen LogP contribution in [0.5, 0.6) is 0 Å². The Labute approximate surface area is 102 Å². The van der Waals surface area contributed by atoms with Gasteiger partial charge in [0.2, 0.25) is 5.91 Å². The molecule has 1 aliphatic rings. The van der Waals surface area contributed by atoms with E-state index in [-0.39, 0.29) is 11.3 Å². The van der Waals surface area contributed by atoms with Crippen LogP contribution in [0.1, 0.15) is 38.2 Å². The first-order chi connectivity index (χ1) is 8.07. The van der Waals surface area contributed by atoms with Crippen molar-refractivity contribution in [2.24, 2.45) is 11.1 Å². The monoisotopic (exact) mass is 232 g/mol. The number of nitrogens with one attached hydrogen (secondary N) is 1. The Balaban J connectivity index is 2.08. The lowest BCUT2D eigenvalue weighted by atomic mass is 10.0. The van der Waals surface area contributed by atoms with Gasteiger partial charge in [0.1, 0.15) is 0 Å². The molecule has 92 valence electrons. The number of hydrogen-bond acceptors (Lipinski definition) is 2. The van der Waals surface area contributed by atoms with Crippen LogP contribution in [0.15, 0.2) is 24.3 Å². The van der Waals surface area contributed by atoms with Crippen molar-refractivity contribution >= 4 is 11.6 Å². The highest BCUT2D eigenvalue weighted by molar-refractivity contribution is 5.97. The van der Waals surface area contributed by atoms with E-state index in [4.69, 9.17) is 5.73 Å². The lowest BCUT2D eigenvalue weighted by Crippen LogP contribution is -2.30. The van der Waals surface area contributed by atoms with E-state index < -0.39 is 0 Å². The molecule has 1 aliphatic carbocycles. The number of anilines is 1. The van der Waals surface area contributed by atoms with Gasteiger partial charge in [0.15, 0.2) is 0 Å². The summed E-state index contributed by atoms with van der Waals surface area (Å²) in [5.41, 5.74) is 7.47. The number of nitrogens with two attached hydrogens (primary N) is 1. The van der Waals surface area contributed by atoms with Crippen molar-refractivity contribution in [2.75, 3.05) is 11.9 Å². The van der Waals surface area contributed by atoms with Crippen LogP contribution in [-0.2, 0) is 4.79 Å². The van der Waals surface area contributed by atoms with Crippen LogP contribution in [0.25, 0.3) is 0 Å². The molecule has 1 amide bonds. The lowest BCUT2D eigenvalue weighted by molar-refractivity contribution is -0.120. The molecule has 1 aromatic rings. The van der Waals surface area contributed by atoms with E-state index in [2.05, 4.69) is 25.2 Å². The highest BCUT2D eigenvalue weighted by Crippen LogP contribution is 2.45. The molecule has 0 saturated heterocycles. The second-order valence-electron chi connectivity index (χ2n) is 5.22. The van der Waals surface area contributed by atoms with E-state index in [0.29, 0.717) is 12.5 Å². The summed E-state index contributed by atoms with van der Waals surface area (Å²) in [6.45, 7) is 4.73. The lowest BCUT2D eigenvalue weighted by Gasteiger charge is -2.14. The Morgan fingerprint density at radius 1 is 1.47 bits per heavy atom. The van der Waals surface area contributed by atoms with Crippen molar-refractivity contribution in [1.29, 1.82) is 0 Å². The molecule has 1 aromatic carbocycles. The third-order valence-electron chi connectivity index (χ3n) is 3.54. The Hall–Kier alpha value is -1.35. The van der Waals surface area contributed by atoms with Crippen LogP contribution < -0.4 is 11.1 Å². The number of carbonyl (C=O) groups excluding carboxylic acids is 1. The van der Waals surface area contributed by atoms with Gasteiger partial charge in [-0.05, 0) is 36.5 Å². The molecular weight excluding hydrogens is 212 g/mol. The van der Waals surface area contributed by atoms with Gasteiger partial charge in [-0.1, -0.05) is 26.0 Å². The van der Waals surface area contributed by atoms with Crippen molar-refractivity contribution in [1.82, 2.24) is 0 Å². The number of hydrogen-bond donors (Lipinski definition) is 2. The summed E-state index contributed by atoms with van der Waals surface area (Å²) in [6.07, 6.45) is 1.83. The normalized spacial score (nSPS) is 16.9. The van der Waals surface area contributed by atoms with Crippen LogP contribution >= 0.6 is 0 Å². The minimum Gasteiger partial charge on any atom is -0.329 e. The van der Waals surface area contributed by atoms with Crippen LogP contribution in [0.4, 0.5) is 5.69 Å². The maximum Gasteiger partial charge on any atom is 0.231 e. The molecule has 3 nitrogen and oxygen atoms in total. The van der Waals surface area contributed by atoms with Crippen molar-refractivity contribution in [2.45, 2.75) is 32.6 Å². The van der Waals surface area contributed by atoms with Gasteiger partial charge in [0.05, 0.1) is 5.41 Å². The molecule has 0 spiro atoms. The second kappa shape index (κ2) is 4.49. The molecule has 0 atom stereocenters. The summed E-state index contributed by atoms with van der Waals surface area (Å²) in [4.78, 5) is 12.0. The molecule has 17 heavy (non-hydrogen) atoms. The predicted octanol–water partition coefficient (Wildman–Crippen LogP) is 2.49. The minimum absolute atomic E-state index is 0.0703. The van der Waals surface area contributed by atoms with Gasteiger partial charge in [-0.25, -0.2) is 0 Å². The fraction of sp³-hybridized carbons (Fsp3) is 0.500. The summed E-state index contributed by atoms with van der Waals surface area (Å²) >= 11 is 0. The summed E-state index contributed by atoms with van der Waals surface area (Å²) < 4.78 is 0. The summed E-state index contributed by atoms with van der Waals surface area (Å²) in [5, 5.41) is 2.97. The number of amides is 1. The van der Waals surface area contributed by atoms with Gasteiger partial charge < -0.3 is 11.1 Å². The SMILES string of the molecule is CC(C)c1cccc(NC(=O)C2(CN)CC2)c1. The molecular formula is C14H20N2O. The predicted molar refractivity (Wildman–Crippen MR) is 69.9 cm³/mol. The van der Waals surface area contributed by atoms with Crippen LogP contribution in [0, 0.1) is 5.41 Å². The van der Waals surface area contributed by atoms with Crippen molar-refractivity contribution in [3.05, 3.63) is 29.8 Å². The Bertz CT molecular complexity index is 422. The highest BCUT2D eigenvalue weighted by atomic mass is 16.2. The minimum atomic E-state index is -0.284. The molecule has 2 rings (SSSR count). The Morgan fingerprint density at radius 2 is 2.18 bits per heavy atom. The molecule has 0 radical (unpaired) electrons. The van der Waals surface area contributed by atoms with Crippen LogP contribution in [-0.4, -0.2) is 12.5 Å². The van der Waals surface area contributed by atoms with E-state index in [0.717, 1.165) is 18.5 Å². The van der Waals surface area contributed by atoms with Gasteiger partial charge in [-0.15, -0.1) is 0 Å². The summed E-state index contributed by atoms with van der Waals surface area (Å²) in [6, 6.07) is 8.02. The van der Waals surface area contributed by atoms with Crippen molar-refractivity contribution < 1.29 is 4.79 Å². The van der Waals surface area contributed by atoms with Crippen LogP contribution in [0.2, 0.25) is 0 Å². The van der Waals surface area contributed by atoms with E-state index in [9.17, 15) is 4.79 Å². The third-order valence-corrected chi connectivity index (χ3v) is 3.54. The van der Waals surface area contributed by atoms with Gasteiger partial charge in [0, 0.05) is 12.2 Å². The molecule has 3 heteroatoms. The largest absolute Gasteiger partial charge is 0.329 e. The fourth-order valence-corrected chi connectivity index (χ4v) is 1.91. The van der Waals surface area contributed by atoms with Gasteiger partial charge >= 0.3 is 0 Å². The van der Waals surface area contributed by atoms with E-state index in [1.807, 2.05) is 18.2 Å². The van der Waals surface area contributed by atoms with E-state index >= 15 is 0 Å². The zero-order valence-corrected chi connectivity index (χ0v) is 10.5. The molecule has 0 unspecified atom stereocenters.